The second-order valence-electron chi connectivity index (χ2n) is 7.84. The molecule has 2 aromatic rings. The molecule has 1 aliphatic heterocycles. The number of hydrogen-bond donors (Lipinski definition) is 1. The van der Waals surface area contributed by atoms with Crippen LogP contribution in [0.25, 0.3) is 0 Å². The van der Waals surface area contributed by atoms with Gasteiger partial charge in [-0.2, -0.15) is 0 Å². The van der Waals surface area contributed by atoms with Crippen LogP contribution < -0.4 is 16.1 Å². The molecular formula is C20H27N3O3. The SMILES string of the molecule is Cn1c(=O)[nH]c(N2CCOCC2)c(Cc2ccc(C(C)(C)C)cc2)c1=O. The summed E-state index contributed by atoms with van der Waals surface area (Å²) in [6.45, 7) is 9.05. The van der Waals surface area contributed by atoms with E-state index in [0.29, 0.717) is 44.1 Å². The molecule has 0 spiro atoms. The van der Waals surface area contributed by atoms with Gasteiger partial charge in [0.25, 0.3) is 5.56 Å². The number of benzene rings is 1. The van der Waals surface area contributed by atoms with Crippen molar-refractivity contribution in [3.63, 3.8) is 0 Å². The van der Waals surface area contributed by atoms with Crippen molar-refractivity contribution in [1.82, 2.24) is 9.55 Å². The van der Waals surface area contributed by atoms with Crippen molar-refractivity contribution in [2.45, 2.75) is 32.6 Å². The Morgan fingerprint density at radius 1 is 1.08 bits per heavy atom. The van der Waals surface area contributed by atoms with Crippen molar-refractivity contribution in [3.05, 3.63) is 61.8 Å². The van der Waals surface area contributed by atoms with E-state index in [1.165, 1.54) is 12.6 Å². The van der Waals surface area contributed by atoms with Crippen LogP contribution in [0.2, 0.25) is 0 Å². The first-order valence-corrected chi connectivity index (χ1v) is 9.01. The Balaban J connectivity index is 1.99. The van der Waals surface area contributed by atoms with Gasteiger partial charge < -0.3 is 9.64 Å². The van der Waals surface area contributed by atoms with E-state index in [2.05, 4.69) is 50.0 Å². The molecule has 26 heavy (non-hydrogen) atoms. The molecule has 1 aliphatic rings. The fourth-order valence-electron chi connectivity index (χ4n) is 3.20. The van der Waals surface area contributed by atoms with E-state index in [9.17, 15) is 9.59 Å². The second-order valence-corrected chi connectivity index (χ2v) is 7.84. The molecule has 0 amide bonds. The van der Waals surface area contributed by atoms with Gasteiger partial charge in [-0.15, -0.1) is 0 Å². The molecule has 2 heterocycles. The van der Waals surface area contributed by atoms with Gasteiger partial charge in [0.05, 0.1) is 18.8 Å². The van der Waals surface area contributed by atoms with Gasteiger partial charge >= 0.3 is 5.69 Å². The van der Waals surface area contributed by atoms with E-state index in [4.69, 9.17) is 4.74 Å². The summed E-state index contributed by atoms with van der Waals surface area (Å²) in [5, 5.41) is 0. The molecule has 0 unspecified atom stereocenters. The van der Waals surface area contributed by atoms with Crippen LogP contribution in [-0.4, -0.2) is 35.9 Å². The lowest BCUT2D eigenvalue weighted by Gasteiger charge is -2.30. The van der Waals surface area contributed by atoms with Crippen molar-refractivity contribution in [2.75, 3.05) is 31.2 Å². The van der Waals surface area contributed by atoms with Crippen molar-refractivity contribution < 1.29 is 4.74 Å². The van der Waals surface area contributed by atoms with Crippen LogP contribution in [0, 0.1) is 0 Å². The Kier molecular flexibility index (Phi) is 5.05. The maximum atomic E-state index is 12.8. The smallest absolute Gasteiger partial charge is 0.329 e. The summed E-state index contributed by atoms with van der Waals surface area (Å²) in [4.78, 5) is 29.8. The third-order valence-corrected chi connectivity index (χ3v) is 4.91. The normalized spacial score (nSPS) is 15.3. The first-order chi connectivity index (χ1) is 12.3. The number of ether oxygens (including phenoxy) is 1. The Morgan fingerprint density at radius 2 is 1.69 bits per heavy atom. The highest BCUT2D eigenvalue weighted by Gasteiger charge is 2.20. The van der Waals surface area contributed by atoms with Crippen molar-refractivity contribution in [2.24, 2.45) is 7.05 Å². The zero-order valence-electron chi connectivity index (χ0n) is 16.0. The maximum Gasteiger partial charge on any atom is 0.329 e. The van der Waals surface area contributed by atoms with E-state index in [1.807, 2.05) is 4.90 Å². The van der Waals surface area contributed by atoms with Crippen LogP contribution in [0.4, 0.5) is 5.82 Å². The Bertz CT molecular complexity index is 882. The number of nitrogens with zero attached hydrogens (tertiary/aromatic N) is 2. The molecule has 0 aliphatic carbocycles. The molecule has 6 heteroatoms. The summed E-state index contributed by atoms with van der Waals surface area (Å²) in [7, 11) is 1.51. The van der Waals surface area contributed by atoms with E-state index >= 15 is 0 Å². The van der Waals surface area contributed by atoms with Gasteiger partial charge in [0.1, 0.15) is 5.82 Å². The third kappa shape index (κ3) is 3.75. The summed E-state index contributed by atoms with van der Waals surface area (Å²) >= 11 is 0. The molecule has 0 saturated carbocycles. The van der Waals surface area contributed by atoms with E-state index < -0.39 is 0 Å². The average molecular weight is 357 g/mol. The van der Waals surface area contributed by atoms with Gasteiger partial charge in [0.15, 0.2) is 0 Å². The molecular weight excluding hydrogens is 330 g/mol. The van der Waals surface area contributed by atoms with Crippen LogP contribution in [0.5, 0.6) is 0 Å². The van der Waals surface area contributed by atoms with E-state index in [1.54, 1.807) is 0 Å². The quantitative estimate of drug-likeness (QED) is 0.910. The highest BCUT2D eigenvalue weighted by atomic mass is 16.5. The minimum atomic E-state index is -0.386. The molecule has 1 saturated heterocycles. The molecule has 0 radical (unpaired) electrons. The Labute approximate surface area is 153 Å². The standard InChI is InChI=1S/C20H27N3O3/c1-20(2,3)15-7-5-14(6-8-15)13-16-17(23-9-11-26-12-10-23)21-19(25)22(4)18(16)24/h5-8H,9-13H2,1-4H3,(H,21,25). The molecule has 1 N–H and O–H groups in total. The molecule has 1 aromatic heterocycles. The first-order valence-electron chi connectivity index (χ1n) is 9.01. The lowest BCUT2D eigenvalue weighted by atomic mass is 9.86. The van der Waals surface area contributed by atoms with Gasteiger partial charge in [-0.25, -0.2) is 4.79 Å². The van der Waals surface area contributed by atoms with Crippen molar-refractivity contribution >= 4 is 5.82 Å². The van der Waals surface area contributed by atoms with Crippen LogP contribution in [0.15, 0.2) is 33.9 Å². The van der Waals surface area contributed by atoms with Gasteiger partial charge in [0, 0.05) is 26.6 Å². The van der Waals surface area contributed by atoms with Crippen LogP contribution in [-0.2, 0) is 23.6 Å². The molecule has 6 nitrogen and oxygen atoms in total. The molecule has 1 aromatic carbocycles. The fourth-order valence-corrected chi connectivity index (χ4v) is 3.20. The zero-order valence-corrected chi connectivity index (χ0v) is 16.0. The first kappa shape index (κ1) is 18.5. The summed E-state index contributed by atoms with van der Waals surface area (Å²) in [5.74, 6) is 0.626. The number of anilines is 1. The largest absolute Gasteiger partial charge is 0.378 e. The summed E-state index contributed by atoms with van der Waals surface area (Å²) in [6, 6.07) is 8.35. The Morgan fingerprint density at radius 3 is 2.27 bits per heavy atom. The van der Waals surface area contributed by atoms with Gasteiger partial charge in [-0.05, 0) is 16.5 Å². The molecule has 3 rings (SSSR count). The third-order valence-electron chi connectivity index (χ3n) is 4.91. The second kappa shape index (κ2) is 7.11. The van der Waals surface area contributed by atoms with Gasteiger partial charge in [-0.3, -0.25) is 14.3 Å². The average Bonchev–Trinajstić information content (AvgIpc) is 2.62. The summed E-state index contributed by atoms with van der Waals surface area (Å²) in [6.07, 6.45) is 0.487. The predicted molar refractivity (Wildman–Crippen MR) is 103 cm³/mol. The lowest BCUT2D eigenvalue weighted by Crippen LogP contribution is -2.43. The highest BCUT2D eigenvalue weighted by molar-refractivity contribution is 5.48. The number of hydrogen-bond acceptors (Lipinski definition) is 4. The number of H-pyrrole nitrogens is 1. The monoisotopic (exact) mass is 357 g/mol. The topological polar surface area (TPSA) is 67.3 Å². The maximum absolute atomic E-state index is 12.8. The minimum Gasteiger partial charge on any atom is -0.378 e. The van der Waals surface area contributed by atoms with Gasteiger partial charge in [0.2, 0.25) is 0 Å². The fraction of sp³-hybridized carbons (Fsp3) is 0.500. The molecule has 1 fully saturated rings. The summed E-state index contributed by atoms with van der Waals surface area (Å²) < 4.78 is 6.53. The van der Waals surface area contributed by atoms with Crippen LogP contribution in [0.3, 0.4) is 0 Å². The molecule has 140 valence electrons. The highest BCUT2D eigenvalue weighted by Crippen LogP contribution is 2.24. The van der Waals surface area contributed by atoms with E-state index in [0.717, 1.165) is 10.1 Å². The van der Waals surface area contributed by atoms with Crippen molar-refractivity contribution in [3.8, 4) is 0 Å². The lowest BCUT2D eigenvalue weighted by molar-refractivity contribution is 0.122. The van der Waals surface area contributed by atoms with Crippen molar-refractivity contribution in [1.29, 1.82) is 0 Å². The molecule has 0 atom stereocenters. The van der Waals surface area contributed by atoms with Crippen LogP contribution in [0.1, 0.15) is 37.5 Å². The van der Waals surface area contributed by atoms with Gasteiger partial charge in [-0.1, -0.05) is 45.0 Å². The van der Waals surface area contributed by atoms with Crippen LogP contribution >= 0.6 is 0 Å². The Hall–Kier alpha value is -2.34. The number of aromatic amines is 1. The number of rotatable bonds is 3. The predicted octanol–water partition coefficient (Wildman–Crippen LogP) is 1.80. The number of morpholine rings is 1. The number of aromatic nitrogens is 2. The zero-order chi connectivity index (χ0) is 18.9. The summed E-state index contributed by atoms with van der Waals surface area (Å²) in [5.41, 5.74) is 2.39. The minimum absolute atomic E-state index is 0.0889. The van der Waals surface area contributed by atoms with E-state index in [-0.39, 0.29) is 16.7 Å². The number of nitrogens with one attached hydrogen (secondary N) is 1. The molecule has 0 bridgehead atoms.